The molecule has 0 radical (unpaired) electrons. The zero-order chi connectivity index (χ0) is 22.9. The summed E-state index contributed by atoms with van der Waals surface area (Å²) in [4.78, 5) is 36.0. The number of nitrogens with one attached hydrogen (secondary N) is 1. The van der Waals surface area contributed by atoms with Crippen molar-refractivity contribution in [1.82, 2.24) is 19.3 Å². The first kappa shape index (κ1) is 22.4. The van der Waals surface area contributed by atoms with Gasteiger partial charge in [0.2, 0.25) is 0 Å². The van der Waals surface area contributed by atoms with E-state index in [-0.39, 0.29) is 24.1 Å². The van der Waals surface area contributed by atoms with Gasteiger partial charge in [0, 0.05) is 36.6 Å². The molecule has 2 aromatic heterocycles. The Balaban J connectivity index is 1.51. The number of hydrogen-bond acceptors (Lipinski definition) is 6. The van der Waals surface area contributed by atoms with Gasteiger partial charge in [0.1, 0.15) is 5.60 Å². The van der Waals surface area contributed by atoms with E-state index in [1.165, 1.54) is 0 Å². The van der Waals surface area contributed by atoms with E-state index in [9.17, 15) is 9.59 Å². The molecule has 2 bridgehead atoms. The first-order valence-corrected chi connectivity index (χ1v) is 11.5. The van der Waals surface area contributed by atoms with Crippen LogP contribution in [-0.4, -0.2) is 55.7 Å². The highest BCUT2D eigenvalue weighted by atomic mass is 16.6. The molecule has 9 heteroatoms. The molecule has 4 rings (SSSR count). The minimum Gasteiger partial charge on any atom is -0.449 e. The zero-order valence-electron chi connectivity index (χ0n) is 19.3. The van der Waals surface area contributed by atoms with Crippen molar-refractivity contribution in [2.24, 2.45) is 0 Å². The molecular formula is C23H33N5O4. The Morgan fingerprint density at radius 2 is 1.94 bits per heavy atom. The van der Waals surface area contributed by atoms with Gasteiger partial charge in [0.25, 0.3) is 0 Å². The van der Waals surface area contributed by atoms with Gasteiger partial charge in [-0.3, -0.25) is 5.32 Å². The summed E-state index contributed by atoms with van der Waals surface area (Å²) >= 11 is 0. The topological polar surface area (TPSA) is 98.1 Å². The number of ether oxygens (including phenoxy) is 2. The van der Waals surface area contributed by atoms with Crippen molar-refractivity contribution in [3.63, 3.8) is 0 Å². The second-order valence-electron chi connectivity index (χ2n) is 9.73. The second-order valence-corrected chi connectivity index (χ2v) is 9.73. The molecule has 2 aliphatic rings. The van der Waals surface area contributed by atoms with Gasteiger partial charge >= 0.3 is 12.2 Å². The van der Waals surface area contributed by atoms with Gasteiger partial charge in [-0.2, -0.15) is 0 Å². The number of aromatic nitrogens is 3. The van der Waals surface area contributed by atoms with Gasteiger partial charge in [-0.1, -0.05) is 13.3 Å². The fraction of sp³-hybridized carbons (Fsp3) is 0.652. The van der Waals surface area contributed by atoms with Crippen molar-refractivity contribution in [2.75, 3.05) is 11.9 Å². The largest absolute Gasteiger partial charge is 0.449 e. The average Bonchev–Trinajstić information content (AvgIpc) is 3.28. The molecule has 2 saturated heterocycles. The van der Waals surface area contributed by atoms with Crippen molar-refractivity contribution in [3.05, 3.63) is 24.3 Å². The van der Waals surface area contributed by atoms with Crippen molar-refractivity contribution in [2.45, 2.75) is 89.8 Å². The average molecular weight is 444 g/mol. The normalized spacial score (nSPS) is 22.8. The third kappa shape index (κ3) is 4.81. The highest BCUT2D eigenvalue weighted by molar-refractivity contribution is 5.88. The lowest BCUT2D eigenvalue weighted by atomic mass is 9.88. The number of fused-ring (bicyclic) bond motifs is 3. The van der Waals surface area contributed by atoms with Crippen LogP contribution >= 0.6 is 0 Å². The van der Waals surface area contributed by atoms with Gasteiger partial charge in [-0.15, -0.1) is 0 Å². The fourth-order valence-corrected chi connectivity index (χ4v) is 4.73. The summed E-state index contributed by atoms with van der Waals surface area (Å²) in [7, 11) is 0. The van der Waals surface area contributed by atoms with E-state index in [2.05, 4.69) is 17.2 Å². The third-order valence-electron chi connectivity index (χ3n) is 6.10. The molecule has 4 heterocycles. The number of piperidine rings is 1. The standard InChI is InChI=1S/C23H33N5O4/c1-5-6-11-31-22(30)28-16-7-8-17(28)13-15(12-16)18-14-27-10-9-24-20(27)19(25-18)26-21(29)32-23(2,3)4/h9-10,14-17H,5-8,11-13H2,1-4H3,(H,25,26,29). The SMILES string of the molecule is CCCCOC(=O)N1C2CCC1CC(c1cn3ccnc3c(NC(=O)OC(C)(C)C)n1)C2. The monoisotopic (exact) mass is 443 g/mol. The number of carbonyl (C=O) groups excluding carboxylic acids is 2. The molecule has 0 aliphatic carbocycles. The summed E-state index contributed by atoms with van der Waals surface area (Å²) in [6, 6.07) is 0.325. The van der Waals surface area contributed by atoms with Crippen molar-refractivity contribution in [3.8, 4) is 0 Å². The van der Waals surface area contributed by atoms with Gasteiger partial charge in [-0.05, 0) is 52.9 Å². The van der Waals surface area contributed by atoms with Crippen molar-refractivity contribution >= 4 is 23.7 Å². The lowest BCUT2D eigenvalue weighted by Gasteiger charge is -2.38. The Labute approximate surface area is 188 Å². The lowest BCUT2D eigenvalue weighted by molar-refractivity contribution is 0.0626. The van der Waals surface area contributed by atoms with Gasteiger partial charge in [-0.25, -0.2) is 19.6 Å². The van der Waals surface area contributed by atoms with Gasteiger partial charge < -0.3 is 18.8 Å². The molecule has 0 aromatic carbocycles. The summed E-state index contributed by atoms with van der Waals surface area (Å²) < 4.78 is 12.8. The van der Waals surface area contributed by atoms with Crippen LogP contribution in [0, 0.1) is 0 Å². The van der Waals surface area contributed by atoms with E-state index in [0.717, 1.165) is 44.2 Å². The number of rotatable bonds is 5. The van der Waals surface area contributed by atoms with Crippen LogP contribution in [0.3, 0.4) is 0 Å². The summed E-state index contributed by atoms with van der Waals surface area (Å²) in [5, 5.41) is 2.76. The molecule has 2 fully saturated rings. The van der Waals surface area contributed by atoms with Crippen LogP contribution in [-0.2, 0) is 9.47 Å². The number of hydrogen-bond donors (Lipinski definition) is 1. The van der Waals surface area contributed by atoms with E-state index in [4.69, 9.17) is 14.5 Å². The van der Waals surface area contributed by atoms with Crippen LogP contribution in [0.4, 0.5) is 15.4 Å². The molecule has 2 aliphatic heterocycles. The first-order valence-electron chi connectivity index (χ1n) is 11.5. The number of nitrogens with zero attached hydrogens (tertiary/aromatic N) is 4. The fourth-order valence-electron chi connectivity index (χ4n) is 4.73. The number of imidazole rings is 1. The molecule has 0 saturated carbocycles. The Morgan fingerprint density at radius 3 is 2.59 bits per heavy atom. The molecule has 2 aromatic rings. The molecule has 1 N–H and O–H groups in total. The number of carbonyl (C=O) groups is 2. The van der Waals surface area contributed by atoms with Crippen LogP contribution in [0.25, 0.3) is 5.65 Å². The smallest absolute Gasteiger partial charge is 0.413 e. The number of amides is 2. The van der Waals surface area contributed by atoms with Crippen LogP contribution < -0.4 is 5.32 Å². The van der Waals surface area contributed by atoms with E-state index in [1.54, 1.807) is 6.20 Å². The molecule has 32 heavy (non-hydrogen) atoms. The predicted molar refractivity (Wildman–Crippen MR) is 120 cm³/mol. The summed E-state index contributed by atoms with van der Waals surface area (Å²) in [6.45, 7) is 8.02. The maximum absolute atomic E-state index is 12.6. The first-order chi connectivity index (χ1) is 15.2. The van der Waals surface area contributed by atoms with E-state index < -0.39 is 11.7 Å². The highest BCUT2D eigenvalue weighted by Gasteiger charge is 2.45. The van der Waals surface area contributed by atoms with Crippen LogP contribution in [0.15, 0.2) is 18.6 Å². The van der Waals surface area contributed by atoms with E-state index in [0.29, 0.717) is 18.1 Å². The molecular weight excluding hydrogens is 410 g/mol. The molecule has 174 valence electrons. The summed E-state index contributed by atoms with van der Waals surface area (Å²) in [5.41, 5.74) is 0.850. The quantitative estimate of drug-likeness (QED) is 0.671. The highest BCUT2D eigenvalue weighted by Crippen LogP contribution is 2.43. The summed E-state index contributed by atoms with van der Waals surface area (Å²) in [5.74, 6) is 0.577. The third-order valence-corrected chi connectivity index (χ3v) is 6.10. The van der Waals surface area contributed by atoms with Crippen molar-refractivity contribution < 1.29 is 19.1 Å². The van der Waals surface area contributed by atoms with E-state index in [1.807, 2.05) is 42.5 Å². The zero-order valence-corrected chi connectivity index (χ0v) is 19.3. The lowest BCUT2D eigenvalue weighted by Crippen LogP contribution is -2.46. The van der Waals surface area contributed by atoms with Crippen LogP contribution in [0.1, 0.15) is 77.8 Å². The number of unbranched alkanes of at least 4 members (excludes halogenated alkanes) is 1. The van der Waals surface area contributed by atoms with Crippen LogP contribution in [0.2, 0.25) is 0 Å². The second kappa shape index (κ2) is 8.96. The Hall–Kier alpha value is -2.84. The molecule has 0 spiro atoms. The molecule has 2 atom stereocenters. The van der Waals surface area contributed by atoms with E-state index >= 15 is 0 Å². The van der Waals surface area contributed by atoms with Gasteiger partial charge in [0.05, 0.1) is 12.3 Å². The Kier molecular flexibility index (Phi) is 6.26. The maximum atomic E-state index is 12.6. The number of anilines is 1. The van der Waals surface area contributed by atoms with Crippen LogP contribution in [0.5, 0.6) is 0 Å². The minimum atomic E-state index is -0.606. The summed E-state index contributed by atoms with van der Waals surface area (Å²) in [6.07, 6.45) is 10.3. The van der Waals surface area contributed by atoms with Gasteiger partial charge in [0.15, 0.2) is 11.5 Å². The predicted octanol–water partition coefficient (Wildman–Crippen LogP) is 4.72. The molecule has 2 unspecified atom stereocenters. The maximum Gasteiger partial charge on any atom is 0.413 e. The molecule has 9 nitrogen and oxygen atoms in total. The molecule has 2 amide bonds. The Morgan fingerprint density at radius 1 is 1.22 bits per heavy atom. The Bertz CT molecular complexity index is 968. The van der Waals surface area contributed by atoms with Crippen molar-refractivity contribution in [1.29, 1.82) is 0 Å². The minimum absolute atomic E-state index is 0.162.